The Morgan fingerprint density at radius 1 is 1.20 bits per heavy atom. The third kappa shape index (κ3) is 4.06. The maximum absolute atomic E-state index is 13.6. The van der Waals surface area contributed by atoms with Gasteiger partial charge < -0.3 is 10.6 Å². The maximum Gasteiger partial charge on any atom is 0.224 e. The van der Waals surface area contributed by atoms with E-state index < -0.39 is 5.82 Å². The lowest BCUT2D eigenvalue weighted by Crippen LogP contribution is -2.09. The summed E-state index contributed by atoms with van der Waals surface area (Å²) in [5.74, 6) is 0.140. The highest BCUT2D eigenvalue weighted by Gasteiger charge is 2.06. The molecule has 0 aliphatic rings. The molecule has 0 radical (unpaired) electrons. The third-order valence-corrected chi connectivity index (χ3v) is 2.90. The van der Waals surface area contributed by atoms with Gasteiger partial charge in [-0.1, -0.05) is 30.7 Å². The third-order valence-electron chi connectivity index (χ3n) is 2.65. The number of hydrogen-bond acceptors (Lipinski definition) is 4. The summed E-state index contributed by atoms with van der Waals surface area (Å²) in [6.07, 6.45) is 2.11. The molecule has 0 fully saturated rings. The van der Waals surface area contributed by atoms with Gasteiger partial charge in [0.15, 0.2) is 11.6 Å². The number of aromatic nitrogens is 2. The van der Waals surface area contributed by atoms with Crippen molar-refractivity contribution in [3.05, 3.63) is 46.9 Å². The van der Waals surface area contributed by atoms with Crippen LogP contribution in [-0.4, -0.2) is 16.5 Å². The van der Waals surface area contributed by atoms with Crippen LogP contribution in [0.3, 0.4) is 0 Å². The van der Waals surface area contributed by atoms with Crippen molar-refractivity contribution < 1.29 is 4.39 Å². The fourth-order valence-electron chi connectivity index (χ4n) is 1.60. The number of rotatable bonds is 6. The molecule has 0 saturated carbocycles. The van der Waals surface area contributed by atoms with E-state index in [-0.39, 0.29) is 5.82 Å². The normalized spacial score (nSPS) is 10.3. The minimum absolute atomic E-state index is 0.188. The van der Waals surface area contributed by atoms with Crippen LogP contribution in [0.4, 0.5) is 16.2 Å². The van der Waals surface area contributed by atoms with E-state index in [9.17, 15) is 4.39 Å². The molecule has 20 heavy (non-hydrogen) atoms. The van der Waals surface area contributed by atoms with E-state index in [2.05, 4.69) is 20.6 Å². The minimum Gasteiger partial charge on any atom is -0.363 e. The van der Waals surface area contributed by atoms with Gasteiger partial charge in [-0.2, -0.15) is 4.98 Å². The van der Waals surface area contributed by atoms with Gasteiger partial charge in [0.25, 0.3) is 0 Å². The molecule has 6 heteroatoms. The number of anilines is 2. The fraction of sp³-hybridized carbons (Fsp3) is 0.286. The van der Waals surface area contributed by atoms with Crippen LogP contribution in [0.15, 0.2) is 30.5 Å². The molecule has 1 heterocycles. The van der Waals surface area contributed by atoms with Crippen molar-refractivity contribution in [1.82, 2.24) is 9.97 Å². The molecule has 1 aromatic heterocycles. The first-order valence-corrected chi connectivity index (χ1v) is 6.81. The van der Waals surface area contributed by atoms with E-state index in [1.165, 1.54) is 0 Å². The Kier molecular flexibility index (Phi) is 5.12. The second-order valence-electron chi connectivity index (χ2n) is 4.30. The smallest absolute Gasteiger partial charge is 0.224 e. The Hall–Kier alpha value is -1.88. The highest BCUT2D eigenvalue weighted by molar-refractivity contribution is 6.30. The Balaban J connectivity index is 2.02. The molecule has 0 aliphatic heterocycles. The summed E-state index contributed by atoms with van der Waals surface area (Å²) in [6, 6.07) is 7.35. The van der Waals surface area contributed by atoms with Crippen LogP contribution in [0.1, 0.15) is 18.9 Å². The van der Waals surface area contributed by atoms with E-state index in [1.54, 1.807) is 12.1 Å². The number of hydrogen-bond donors (Lipinski definition) is 2. The number of nitrogens with zero attached hydrogens (tertiary/aromatic N) is 2. The van der Waals surface area contributed by atoms with Gasteiger partial charge in [0.2, 0.25) is 5.95 Å². The van der Waals surface area contributed by atoms with E-state index in [0.29, 0.717) is 17.5 Å². The summed E-state index contributed by atoms with van der Waals surface area (Å²) in [5, 5.41) is 6.65. The lowest BCUT2D eigenvalue weighted by atomic mass is 10.2. The lowest BCUT2D eigenvalue weighted by Gasteiger charge is -2.09. The first-order valence-electron chi connectivity index (χ1n) is 6.43. The monoisotopic (exact) mass is 294 g/mol. The molecule has 0 atom stereocenters. The molecule has 106 valence electrons. The Morgan fingerprint density at radius 2 is 1.95 bits per heavy atom. The first kappa shape index (κ1) is 14.5. The van der Waals surface area contributed by atoms with Crippen LogP contribution >= 0.6 is 11.6 Å². The van der Waals surface area contributed by atoms with Gasteiger partial charge in [-0.3, -0.25) is 0 Å². The second-order valence-corrected chi connectivity index (χ2v) is 4.73. The highest BCUT2D eigenvalue weighted by Crippen LogP contribution is 2.14. The van der Waals surface area contributed by atoms with Gasteiger partial charge in [0, 0.05) is 18.1 Å². The second kappa shape index (κ2) is 7.05. The van der Waals surface area contributed by atoms with Crippen LogP contribution < -0.4 is 10.6 Å². The van der Waals surface area contributed by atoms with Gasteiger partial charge in [-0.25, -0.2) is 9.37 Å². The van der Waals surface area contributed by atoms with Gasteiger partial charge in [-0.05, 0) is 24.1 Å². The molecule has 0 amide bonds. The summed E-state index contributed by atoms with van der Waals surface area (Å²) in [5.41, 5.74) is 0.996. The zero-order valence-corrected chi connectivity index (χ0v) is 11.9. The molecule has 2 N–H and O–H groups in total. The average Bonchev–Trinajstić information content (AvgIpc) is 2.46. The SMILES string of the molecule is CCCNc1ncc(F)c(NCc2ccc(Cl)cc2)n1. The Labute approximate surface area is 122 Å². The number of benzene rings is 1. The van der Waals surface area contributed by atoms with Crippen molar-refractivity contribution in [3.8, 4) is 0 Å². The van der Waals surface area contributed by atoms with E-state index in [0.717, 1.165) is 24.7 Å². The first-order chi connectivity index (χ1) is 9.69. The zero-order valence-electron chi connectivity index (χ0n) is 11.2. The molecular formula is C14H16ClFN4. The minimum atomic E-state index is -0.471. The predicted octanol–water partition coefficient (Wildman–Crippen LogP) is 3.70. The summed E-state index contributed by atoms with van der Waals surface area (Å²) in [6.45, 7) is 3.26. The lowest BCUT2D eigenvalue weighted by molar-refractivity contribution is 0.617. The van der Waals surface area contributed by atoms with Crippen molar-refractivity contribution in [3.63, 3.8) is 0 Å². The molecule has 2 rings (SSSR count). The van der Waals surface area contributed by atoms with Crippen LogP contribution in [-0.2, 0) is 6.54 Å². The van der Waals surface area contributed by atoms with Crippen LogP contribution in [0.2, 0.25) is 5.02 Å². The topological polar surface area (TPSA) is 49.8 Å². The number of halogens is 2. The maximum atomic E-state index is 13.6. The predicted molar refractivity (Wildman–Crippen MR) is 79.5 cm³/mol. The van der Waals surface area contributed by atoms with Gasteiger partial charge >= 0.3 is 0 Å². The zero-order chi connectivity index (χ0) is 14.4. The van der Waals surface area contributed by atoms with Crippen molar-refractivity contribution in [2.45, 2.75) is 19.9 Å². The summed E-state index contributed by atoms with van der Waals surface area (Å²) < 4.78 is 13.6. The summed E-state index contributed by atoms with van der Waals surface area (Å²) >= 11 is 5.81. The summed E-state index contributed by atoms with van der Waals surface area (Å²) in [4.78, 5) is 8.00. The quantitative estimate of drug-likeness (QED) is 0.853. The standard InChI is InChI=1S/C14H16ClFN4/c1-2-7-17-14-19-9-12(16)13(20-14)18-8-10-3-5-11(15)6-4-10/h3-6,9H,2,7-8H2,1H3,(H2,17,18,19,20). The largest absolute Gasteiger partial charge is 0.363 e. The van der Waals surface area contributed by atoms with E-state index in [4.69, 9.17) is 11.6 Å². The molecule has 0 aliphatic carbocycles. The van der Waals surface area contributed by atoms with Crippen LogP contribution in [0, 0.1) is 5.82 Å². The molecule has 2 aromatic rings. The molecule has 0 bridgehead atoms. The molecule has 4 nitrogen and oxygen atoms in total. The molecular weight excluding hydrogens is 279 g/mol. The van der Waals surface area contributed by atoms with Crippen molar-refractivity contribution >= 4 is 23.4 Å². The molecule has 1 aromatic carbocycles. The van der Waals surface area contributed by atoms with Crippen LogP contribution in [0.25, 0.3) is 0 Å². The summed E-state index contributed by atoms with van der Waals surface area (Å²) in [7, 11) is 0. The van der Waals surface area contributed by atoms with Crippen molar-refractivity contribution in [2.24, 2.45) is 0 Å². The van der Waals surface area contributed by atoms with Crippen molar-refractivity contribution in [1.29, 1.82) is 0 Å². The molecule has 0 spiro atoms. The average molecular weight is 295 g/mol. The fourth-order valence-corrected chi connectivity index (χ4v) is 1.73. The van der Waals surface area contributed by atoms with Gasteiger partial charge in [0.05, 0.1) is 6.20 Å². The van der Waals surface area contributed by atoms with E-state index >= 15 is 0 Å². The van der Waals surface area contributed by atoms with E-state index in [1.807, 2.05) is 19.1 Å². The Morgan fingerprint density at radius 3 is 2.65 bits per heavy atom. The molecule has 0 saturated heterocycles. The highest BCUT2D eigenvalue weighted by atomic mass is 35.5. The van der Waals surface area contributed by atoms with Gasteiger partial charge in [-0.15, -0.1) is 0 Å². The molecule has 0 unspecified atom stereocenters. The Bertz CT molecular complexity index is 560. The van der Waals surface area contributed by atoms with Crippen LogP contribution in [0.5, 0.6) is 0 Å². The van der Waals surface area contributed by atoms with Gasteiger partial charge in [0.1, 0.15) is 0 Å². The number of nitrogens with one attached hydrogen (secondary N) is 2. The van der Waals surface area contributed by atoms with Crippen molar-refractivity contribution in [2.75, 3.05) is 17.2 Å².